The highest BCUT2D eigenvalue weighted by atomic mass is 19.1. The van der Waals surface area contributed by atoms with Crippen LogP contribution in [0.5, 0.6) is 0 Å². The average molecular weight is 438 g/mol. The van der Waals surface area contributed by atoms with E-state index in [1.165, 1.54) is 6.07 Å². The number of esters is 1. The fourth-order valence-electron chi connectivity index (χ4n) is 4.49. The summed E-state index contributed by atoms with van der Waals surface area (Å²) in [7, 11) is 0. The third kappa shape index (κ3) is 3.38. The van der Waals surface area contributed by atoms with Crippen molar-refractivity contribution in [2.45, 2.75) is 19.1 Å². The largest absolute Gasteiger partial charge is 0.456 e. The SMILES string of the molecule is O=C1OC(Cn2cc(-c3ccccc3F)nn2)Cc2cn(-c3ccccc3)c3cccc1c23. The number of hydrogen-bond acceptors (Lipinski definition) is 4. The van der Waals surface area contributed by atoms with Gasteiger partial charge in [0.1, 0.15) is 17.6 Å². The molecule has 0 aliphatic carbocycles. The van der Waals surface area contributed by atoms with Gasteiger partial charge >= 0.3 is 5.97 Å². The molecule has 33 heavy (non-hydrogen) atoms. The first-order valence-corrected chi connectivity index (χ1v) is 10.7. The van der Waals surface area contributed by atoms with Gasteiger partial charge in [0.15, 0.2) is 0 Å². The van der Waals surface area contributed by atoms with Gasteiger partial charge in [0.05, 0.1) is 23.8 Å². The molecule has 0 fully saturated rings. The zero-order chi connectivity index (χ0) is 22.4. The summed E-state index contributed by atoms with van der Waals surface area (Å²) in [5.41, 5.74) is 4.42. The summed E-state index contributed by atoms with van der Waals surface area (Å²) in [6.45, 7) is 0.319. The summed E-state index contributed by atoms with van der Waals surface area (Å²) in [5, 5.41) is 9.16. The van der Waals surface area contributed by atoms with Gasteiger partial charge in [-0.05, 0) is 42.0 Å². The van der Waals surface area contributed by atoms with Crippen molar-refractivity contribution < 1.29 is 13.9 Å². The third-order valence-corrected chi connectivity index (χ3v) is 5.96. The van der Waals surface area contributed by atoms with Crippen LogP contribution in [0, 0.1) is 5.82 Å². The number of rotatable bonds is 4. The molecule has 162 valence electrons. The molecule has 0 radical (unpaired) electrons. The smallest absolute Gasteiger partial charge is 0.339 e. The van der Waals surface area contributed by atoms with Gasteiger partial charge in [-0.15, -0.1) is 5.10 Å². The monoisotopic (exact) mass is 438 g/mol. The van der Waals surface area contributed by atoms with Crippen molar-refractivity contribution in [3.05, 3.63) is 102 Å². The minimum atomic E-state index is -0.435. The average Bonchev–Trinajstić information content (AvgIpc) is 3.41. The number of carbonyl (C=O) groups is 1. The normalized spacial score (nSPS) is 15.4. The first kappa shape index (κ1) is 19.4. The molecule has 5 aromatic rings. The highest BCUT2D eigenvalue weighted by Crippen LogP contribution is 2.32. The van der Waals surface area contributed by atoms with E-state index < -0.39 is 6.10 Å². The second kappa shape index (κ2) is 7.70. The lowest BCUT2D eigenvalue weighted by Gasteiger charge is -2.15. The van der Waals surface area contributed by atoms with E-state index in [0.717, 1.165) is 22.2 Å². The maximum absolute atomic E-state index is 14.1. The zero-order valence-corrected chi connectivity index (χ0v) is 17.6. The lowest BCUT2D eigenvalue weighted by atomic mass is 10.0. The van der Waals surface area contributed by atoms with Gasteiger partial charge in [-0.25, -0.2) is 13.9 Å². The number of aromatic nitrogens is 4. The van der Waals surface area contributed by atoms with Crippen LogP contribution in [0.3, 0.4) is 0 Å². The molecule has 2 aromatic heterocycles. The van der Waals surface area contributed by atoms with Crippen molar-refractivity contribution in [3.8, 4) is 16.9 Å². The zero-order valence-electron chi connectivity index (χ0n) is 17.6. The molecule has 1 aliphatic rings. The van der Waals surface area contributed by atoms with E-state index in [1.807, 2.05) is 42.5 Å². The number of nitrogens with zero attached hydrogens (tertiary/aromatic N) is 4. The Morgan fingerprint density at radius 3 is 2.58 bits per heavy atom. The van der Waals surface area contributed by atoms with E-state index in [4.69, 9.17) is 4.74 Å². The Balaban J connectivity index is 1.35. The van der Waals surface area contributed by atoms with E-state index in [0.29, 0.717) is 29.8 Å². The van der Waals surface area contributed by atoms with Gasteiger partial charge in [-0.3, -0.25) is 0 Å². The summed E-state index contributed by atoms with van der Waals surface area (Å²) in [6.07, 6.45) is 3.85. The number of carbonyl (C=O) groups excluding carboxylic acids is 1. The molecule has 0 saturated carbocycles. The summed E-state index contributed by atoms with van der Waals surface area (Å²) < 4.78 is 23.6. The molecule has 7 heteroatoms. The Bertz CT molecular complexity index is 1490. The number of cyclic esters (lactones) is 1. The Morgan fingerprint density at radius 2 is 1.73 bits per heavy atom. The summed E-state index contributed by atoms with van der Waals surface area (Å²) in [5.74, 6) is -0.713. The van der Waals surface area contributed by atoms with Crippen LogP contribution in [0.25, 0.3) is 27.8 Å². The van der Waals surface area contributed by atoms with Gasteiger partial charge in [0.25, 0.3) is 0 Å². The topological polar surface area (TPSA) is 61.9 Å². The van der Waals surface area contributed by atoms with Gasteiger partial charge in [0.2, 0.25) is 0 Å². The molecule has 0 saturated heterocycles. The second-order valence-corrected chi connectivity index (χ2v) is 8.10. The molecule has 0 amide bonds. The fourth-order valence-corrected chi connectivity index (χ4v) is 4.49. The highest BCUT2D eigenvalue weighted by Gasteiger charge is 2.28. The Morgan fingerprint density at radius 1 is 0.939 bits per heavy atom. The Hall–Kier alpha value is -4.26. The van der Waals surface area contributed by atoms with Gasteiger partial charge in [-0.1, -0.05) is 41.6 Å². The van der Waals surface area contributed by atoms with Crippen LogP contribution in [-0.2, 0) is 17.7 Å². The maximum atomic E-state index is 14.1. The number of hydrogen-bond donors (Lipinski definition) is 0. The fraction of sp³-hybridized carbons (Fsp3) is 0.115. The lowest BCUT2D eigenvalue weighted by molar-refractivity contribution is 0.0264. The maximum Gasteiger partial charge on any atom is 0.339 e. The molecule has 1 atom stereocenters. The van der Waals surface area contributed by atoms with Crippen molar-refractivity contribution in [2.24, 2.45) is 0 Å². The van der Waals surface area contributed by atoms with E-state index >= 15 is 0 Å². The minimum absolute atomic E-state index is 0.319. The minimum Gasteiger partial charge on any atom is -0.456 e. The number of ether oxygens (including phenoxy) is 1. The van der Waals surface area contributed by atoms with E-state index in [2.05, 4.69) is 21.1 Å². The lowest BCUT2D eigenvalue weighted by Crippen LogP contribution is -2.24. The van der Waals surface area contributed by atoms with Gasteiger partial charge in [0, 0.05) is 29.3 Å². The molecule has 0 N–H and O–H groups in total. The molecule has 6 nitrogen and oxygen atoms in total. The Kier molecular flexibility index (Phi) is 4.54. The molecule has 0 spiro atoms. The first-order valence-electron chi connectivity index (χ1n) is 10.7. The van der Waals surface area contributed by atoms with Crippen molar-refractivity contribution in [1.82, 2.24) is 19.6 Å². The van der Waals surface area contributed by atoms with Crippen LogP contribution in [-0.4, -0.2) is 31.6 Å². The molecular weight excluding hydrogens is 419 g/mol. The summed E-state index contributed by atoms with van der Waals surface area (Å²) in [4.78, 5) is 13.0. The summed E-state index contributed by atoms with van der Waals surface area (Å²) >= 11 is 0. The van der Waals surface area contributed by atoms with Gasteiger partial charge < -0.3 is 9.30 Å². The predicted octanol–water partition coefficient (Wildman–Crippen LogP) is 4.81. The van der Waals surface area contributed by atoms with Gasteiger partial charge in [-0.2, -0.15) is 0 Å². The van der Waals surface area contributed by atoms with Crippen LogP contribution in [0.4, 0.5) is 4.39 Å². The highest BCUT2D eigenvalue weighted by molar-refractivity contribution is 6.06. The van der Waals surface area contributed by atoms with Crippen LogP contribution in [0.2, 0.25) is 0 Å². The quantitative estimate of drug-likeness (QED) is 0.378. The molecule has 3 heterocycles. The van der Waals surface area contributed by atoms with E-state index in [-0.39, 0.29) is 11.8 Å². The molecule has 1 unspecified atom stereocenters. The van der Waals surface area contributed by atoms with Crippen molar-refractivity contribution in [1.29, 1.82) is 0 Å². The molecule has 1 aliphatic heterocycles. The second-order valence-electron chi connectivity index (χ2n) is 8.10. The third-order valence-electron chi connectivity index (χ3n) is 5.96. The molecular formula is C26H19FN4O2. The van der Waals surface area contributed by atoms with Crippen molar-refractivity contribution in [3.63, 3.8) is 0 Å². The van der Waals surface area contributed by atoms with Crippen LogP contribution >= 0.6 is 0 Å². The van der Waals surface area contributed by atoms with E-state index in [9.17, 15) is 9.18 Å². The number of halogens is 1. The van der Waals surface area contributed by atoms with Crippen molar-refractivity contribution in [2.75, 3.05) is 0 Å². The molecule has 6 rings (SSSR count). The first-order chi connectivity index (χ1) is 16.2. The van der Waals surface area contributed by atoms with Crippen molar-refractivity contribution >= 4 is 16.9 Å². The number of benzene rings is 3. The van der Waals surface area contributed by atoms with E-state index in [1.54, 1.807) is 35.1 Å². The molecule has 3 aromatic carbocycles. The predicted molar refractivity (Wildman–Crippen MR) is 122 cm³/mol. The summed E-state index contributed by atoms with van der Waals surface area (Å²) in [6, 6.07) is 22.2. The number of para-hydroxylation sites is 1. The van der Waals surface area contributed by atoms with Crippen LogP contribution < -0.4 is 0 Å². The van der Waals surface area contributed by atoms with Crippen LogP contribution in [0.15, 0.2) is 85.2 Å². The standard InChI is InChI=1S/C26H19FN4O2/c27-22-11-5-4-9-20(22)23-16-30(29-28-23)15-19-13-17-14-31(18-7-2-1-3-8-18)24-12-6-10-21(25(17)24)26(32)33-19/h1-12,14,16,19H,13,15H2. The molecule has 0 bridgehead atoms. The van der Waals surface area contributed by atoms with Crippen LogP contribution in [0.1, 0.15) is 15.9 Å². The Labute approximate surface area is 188 Å².